The maximum absolute atomic E-state index is 12.4. The van der Waals surface area contributed by atoms with Crippen LogP contribution >= 0.6 is 0 Å². The number of nitrogens with one attached hydrogen (secondary N) is 1. The van der Waals surface area contributed by atoms with Gasteiger partial charge >= 0.3 is 0 Å². The van der Waals surface area contributed by atoms with Gasteiger partial charge in [0.2, 0.25) is 0 Å². The van der Waals surface area contributed by atoms with Crippen molar-refractivity contribution in [2.45, 2.75) is 71.6 Å². The number of nitrogens with two attached hydrogens (primary N) is 1. The molecule has 0 aliphatic heterocycles. The summed E-state index contributed by atoms with van der Waals surface area (Å²) >= 11 is 0. The summed E-state index contributed by atoms with van der Waals surface area (Å²) in [6.07, 6.45) is 1.59. The molecule has 3 N–H and O–H groups in total. The quantitative estimate of drug-likeness (QED) is 0.600. The standard InChI is InChI=1S/C15H30N2O3/c1-6-8-13(17-10-9-16)14(19)11(3)20-15(5,7-2)12(4)18/h11,13,17H,6-10,16H2,1-5H3/t11-,13?,15?/m0/s1. The maximum atomic E-state index is 12.4. The van der Waals surface area contributed by atoms with Crippen molar-refractivity contribution in [1.29, 1.82) is 0 Å². The van der Waals surface area contributed by atoms with Crippen LogP contribution < -0.4 is 11.1 Å². The lowest BCUT2D eigenvalue weighted by atomic mass is 9.97. The van der Waals surface area contributed by atoms with Crippen molar-refractivity contribution in [1.82, 2.24) is 5.32 Å². The smallest absolute Gasteiger partial charge is 0.178 e. The Morgan fingerprint density at radius 3 is 2.35 bits per heavy atom. The molecular formula is C15H30N2O3. The van der Waals surface area contributed by atoms with Gasteiger partial charge in [0.25, 0.3) is 0 Å². The molecule has 0 rings (SSSR count). The van der Waals surface area contributed by atoms with Crippen LogP contribution in [0.2, 0.25) is 0 Å². The fourth-order valence-electron chi connectivity index (χ4n) is 2.04. The van der Waals surface area contributed by atoms with Crippen molar-refractivity contribution in [3.8, 4) is 0 Å². The highest BCUT2D eigenvalue weighted by molar-refractivity contribution is 5.89. The zero-order valence-electron chi connectivity index (χ0n) is 13.5. The lowest BCUT2D eigenvalue weighted by Gasteiger charge is -2.30. The molecule has 20 heavy (non-hydrogen) atoms. The number of hydrogen-bond acceptors (Lipinski definition) is 5. The van der Waals surface area contributed by atoms with Gasteiger partial charge in [-0.1, -0.05) is 20.3 Å². The van der Waals surface area contributed by atoms with E-state index >= 15 is 0 Å². The molecule has 0 spiro atoms. The number of ketones is 2. The Bertz CT molecular complexity index is 320. The van der Waals surface area contributed by atoms with Gasteiger partial charge in [-0.15, -0.1) is 0 Å². The molecule has 0 fully saturated rings. The molecule has 0 aromatic rings. The van der Waals surface area contributed by atoms with Crippen LogP contribution in [0, 0.1) is 0 Å². The van der Waals surface area contributed by atoms with Crippen LogP contribution in [0.3, 0.4) is 0 Å². The van der Waals surface area contributed by atoms with Gasteiger partial charge < -0.3 is 15.8 Å². The van der Waals surface area contributed by atoms with E-state index in [1.165, 1.54) is 6.92 Å². The minimum atomic E-state index is -0.889. The molecule has 0 saturated heterocycles. The first-order valence-corrected chi connectivity index (χ1v) is 7.48. The van der Waals surface area contributed by atoms with Crippen molar-refractivity contribution in [2.75, 3.05) is 13.1 Å². The molecule has 0 aliphatic carbocycles. The first kappa shape index (κ1) is 19.2. The molecule has 2 unspecified atom stereocenters. The summed E-state index contributed by atoms with van der Waals surface area (Å²) in [6.45, 7) is 9.95. The molecule has 0 aromatic heterocycles. The Balaban J connectivity index is 4.74. The van der Waals surface area contributed by atoms with E-state index in [1.54, 1.807) is 13.8 Å². The van der Waals surface area contributed by atoms with E-state index in [-0.39, 0.29) is 17.6 Å². The summed E-state index contributed by atoms with van der Waals surface area (Å²) < 4.78 is 5.75. The monoisotopic (exact) mass is 286 g/mol. The second kappa shape index (κ2) is 9.21. The normalized spacial score (nSPS) is 17.3. The van der Waals surface area contributed by atoms with Gasteiger partial charge in [-0.05, 0) is 33.6 Å². The van der Waals surface area contributed by atoms with Crippen LogP contribution in [-0.4, -0.2) is 42.4 Å². The third-order valence-corrected chi connectivity index (χ3v) is 3.71. The van der Waals surface area contributed by atoms with Gasteiger partial charge in [0.1, 0.15) is 11.7 Å². The van der Waals surface area contributed by atoms with Gasteiger partial charge in [-0.25, -0.2) is 0 Å². The molecule has 0 radical (unpaired) electrons. The summed E-state index contributed by atoms with van der Waals surface area (Å²) in [7, 11) is 0. The molecule has 118 valence electrons. The lowest BCUT2D eigenvalue weighted by molar-refractivity contribution is -0.156. The Hall–Kier alpha value is -0.780. The van der Waals surface area contributed by atoms with E-state index in [9.17, 15) is 9.59 Å². The first-order chi connectivity index (χ1) is 9.32. The third kappa shape index (κ3) is 5.69. The fraction of sp³-hybridized carbons (Fsp3) is 0.867. The highest BCUT2D eigenvalue weighted by Crippen LogP contribution is 2.20. The molecule has 3 atom stereocenters. The Labute approximate surface area is 122 Å². The Kier molecular flexibility index (Phi) is 8.85. The number of Topliss-reactive ketones (excluding diaryl/α,β-unsaturated/α-hetero) is 2. The molecule has 5 heteroatoms. The summed E-state index contributed by atoms with van der Waals surface area (Å²) in [5.41, 5.74) is 4.57. The molecule has 5 nitrogen and oxygen atoms in total. The van der Waals surface area contributed by atoms with Crippen molar-refractivity contribution in [3.05, 3.63) is 0 Å². The van der Waals surface area contributed by atoms with E-state index in [2.05, 4.69) is 5.32 Å². The molecule has 0 saturated carbocycles. The van der Waals surface area contributed by atoms with Gasteiger partial charge in [0, 0.05) is 13.1 Å². The number of carbonyl (C=O) groups excluding carboxylic acids is 2. The number of ether oxygens (including phenoxy) is 1. The summed E-state index contributed by atoms with van der Waals surface area (Å²) in [5, 5.41) is 3.14. The van der Waals surface area contributed by atoms with E-state index in [1.807, 2.05) is 13.8 Å². The van der Waals surface area contributed by atoms with Crippen LogP contribution in [0.25, 0.3) is 0 Å². The lowest BCUT2D eigenvalue weighted by Crippen LogP contribution is -2.48. The van der Waals surface area contributed by atoms with Gasteiger partial charge in [0.05, 0.1) is 6.04 Å². The minimum Gasteiger partial charge on any atom is -0.357 e. The SMILES string of the molecule is CCCC(NCCN)C(=O)[C@H](C)OC(C)(CC)C(C)=O. The second-order valence-electron chi connectivity index (χ2n) is 5.39. The average molecular weight is 286 g/mol. The summed E-state index contributed by atoms with van der Waals surface area (Å²) in [4.78, 5) is 24.1. The number of carbonyl (C=O) groups is 2. The second-order valence-corrected chi connectivity index (χ2v) is 5.39. The van der Waals surface area contributed by atoms with Crippen molar-refractivity contribution >= 4 is 11.6 Å². The molecular weight excluding hydrogens is 256 g/mol. The van der Waals surface area contributed by atoms with Crippen LogP contribution in [0.1, 0.15) is 53.9 Å². The van der Waals surface area contributed by atoms with E-state index in [0.29, 0.717) is 19.5 Å². The highest BCUT2D eigenvalue weighted by Gasteiger charge is 2.34. The predicted molar refractivity (Wildman–Crippen MR) is 80.7 cm³/mol. The van der Waals surface area contributed by atoms with E-state index < -0.39 is 11.7 Å². The Morgan fingerprint density at radius 1 is 1.35 bits per heavy atom. The van der Waals surface area contributed by atoms with Crippen LogP contribution in [-0.2, 0) is 14.3 Å². The predicted octanol–water partition coefficient (Wildman–Crippen LogP) is 1.44. The summed E-state index contributed by atoms with van der Waals surface area (Å²) in [6, 6.07) is -0.258. The molecule has 0 bridgehead atoms. The van der Waals surface area contributed by atoms with Crippen molar-refractivity contribution in [2.24, 2.45) is 5.73 Å². The van der Waals surface area contributed by atoms with E-state index in [4.69, 9.17) is 10.5 Å². The Morgan fingerprint density at radius 2 is 1.95 bits per heavy atom. The van der Waals surface area contributed by atoms with Crippen LogP contribution in [0.4, 0.5) is 0 Å². The third-order valence-electron chi connectivity index (χ3n) is 3.71. The number of rotatable bonds is 11. The fourth-order valence-corrected chi connectivity index (χ4v) is 2.04. The molecule has 0 aromatic carbocycles. The molecule has 0 heterocycles. The number of hydrogen-bond donors (Lipinski definition) is 2. The van der Waals surface area contributed by atoms with E-state index in [0.717, 1.165) is 12.8 Å². The first-order valence-electron chi connectivity index (χ1n) is 7.48. The van der Waals surface area contributed by atoms with Crippen LogP contribution in [0.15, 0.2) is 0 Å². The summed E-state index contributed by atoms with van der Waals surface area (Å²) in [5.74, 6) is -0.0668. The highest BCUT2D eigenvalue weighted by atomic mass is 16.5. The minimum absolute atomic E-state index is 0.0128. The van der Waals surface area contributed by atoms with Gasteiger partial charge in [-0.3, -0.25) is 9.59 Å². The zero-order valence-corrected chi connectivity index (χ0v) is 13.5. The van der Waals surface area contributed by atoms with Crippen LogP contribution in [0.5, 0.6) is 0 Å². The van der Waals surface area contributed by atoms with Gasteiger partial charge in [-0.2, -0.15) is 0 Å². The molecule has 0 aliphatic rings. The van der Waals surface area contributed by atoms with Gasteiger partial charge in [0.15, 0.2) is 11.6 Å². The topological polar surface area (TPSA) is 81.4 Å². The average Bonchev–Trinajstić information content (AvgIpc) is 2.42. The van der Waals surface area contributed by atoms with Crippen molar-refractivity contribution in [3.63, 3.8) is 0 Å². The largest absolute Gasteiger partial charge is 0.357 e. The van der Waals surface area contributed by atoms with Crippen molar-refractivity contribution < 1.29 is 14.3 Å². The maximum Gasteiger partial charge on any atom is 0.178 e. The zero-order chi connectivity index (χ0) is 15.8. The molecule has 0 amide bonds.